The van der Waals surface area contributed by atoms with Gasteiger partial charge in [-0.25, -0.2) is 0 Å². The Morgan fingerprint density at radius 1 is 1.30 bits per heavy atom. The molecule has 5 heteroatoms. The van der Waals surface area contributed by atoms with Gasteiger partial charge in [0, 0.05) is 25.4 Å². The number of fused-ring (bicyclic) bond motifs is 2. The normalized spacial score (nSPS) is 37.4. The molecule has 1 aliphatic heterocycles. The Hall–Kier alpha value is -1.26. The van der Waals surface area contributed by atoms with E-state index in [0.29, 0.717) is 18.9 Å². The van der Waals surface area contributed by atoms with Gasteiger partial charge in [-0.1, -0.05) is 11.6 Å². The van der Waals surface area contributed by atoms with Gasteiger partial charge in [0.2, 0.25) is 5.91 Å². The number of likely N-dealkylation sites (tertiary alicyclic amines) is 1. The van der Waals surface area contributed by atoms with E-state index in [0.717, 1.165) is 31.2 Å². The number of hydrogen-bond acceptors (Lipinski definition) is 3. The third kappa shape index (κ3) is 2.63. The molecule has 2 bridgehead atoms. The largest absolute Gasteiger partial charge is 0.409 e. The van der Waals surface area contributed by atoms with Crippen LogP contribution >= 0.6 is 0 Å². The van der Waals surface area contributed by atoms with Crippen molar-refractivity contribution in [2.45, 2.75) is 44.9 Å². The van der Waals surface area contributed by atoms with Crippen LogP contribution in [-0.2, 0) is 4.79 Å². The highest BCUT2D eigenvalue weighted by Gasteiger charge is 2.41. The highest BCUT2D eigenvalue weighted by Crippen LogP contribution is 2.49. The second kappa shape index (κ2) is 5.62. The second-order valence-corrected chi connectivity index (χ2v) is 6.84. The first-order valence-electron chi connectivity index (χ1n) is 7.92. The van der Waals surface area contributed by atoms with Gasteiger partial charge in [-0.05, 0) is 49.9 Å². The fourth-order valence-corrected chi connectivity index (χ4v) is 4.51. The summed E-state index contributed by atoms with van der Waals surface area (Å²) in [5.74, 6) is 2.88. The first-order chi connectivity index (χ1) is 9.67. The van der Waals surface area contributed by atoms with Crippen LogP contribution in [0.25, 0.3) is 0 Å². The molecule has 0 aromatic rings. The maximum absolute atomic E-state index is 12.5. The van der Waals surface area contributed by atoms with Crippen molar-refractivity contribution < 1.29 is 10.0 Å². The smallest absolute Gasteiger partial charge is 0.222 e. The van der Waals surface area contributed by atoms with Crippen molar-refractivity contribution in [3.63, 3.8) is 0 Å². The Kier molecular flexibility index (Phi) is 3.85. The van der Waals surface area contributed by atoms with Gasteiger partial charge in [0.1, 0.15) is 5.84 Å². The van der Waals surface area contributed by atoms with E-state index in [2.05, 4.69) is 5.16 Å². The van der Waals surface area contributed by atoms with Gasteiger partial charge in [0.25, 0.3) is 0 Å². The van der Waals surface area contributed by atoms with Crippen LogP contribution in [-0.4, -0.2) is 34.9 Å². The molecule has 112 valence electrons. The number of amides is 1. The quantitative estimate of drug-likeness (QED) is 0.358. The minimum absolute atomic E-state index is 0.0257. The van der Waals surface area contributed by atoms with Gasteiger partial charge in [-0.2, -0.15) is 0 Å². The standard InChI is InChI=1S/C15H25N3O2/c16-15(17-20)12-2-1-5-18(9-12)14(19)8-13-7-10-3-4-11(13)6-10/h10-13,20H,1-9H2,(H2,16,17). The topological polar surface area (TPSA) is 78.9 Å². The molecule has 2 saturated carbocycles. The fraction of sp³-hybridized carbons (Fsp3) is 0.867. The van der Waals surface area contributed by atoms with E-state index in [1.165, 1.54) is 25.7 Å². The van der Waals surface area contributed by atoms with E-state index in [1.54, 1.807) is 0 Å². The van der Waals surface area contributed by atoms with Crippen LogP contribution in [0.1, 0.15) is 44.9 Å². The zero-order valence-electron chi connectivity index (χ0n) is 12.0. The van der Waals surface area contributed by atoms with Gasteiger partial charge in [0.05, 0.1) is 0 Å². The van der Waals surface area contributed by atoms with Gasteiger partial charge in [0.15, 0.2) is 0 Å². The third-order valence-corrected chi connectivity index (χ3v) is 5.63. The first kappa shape index (κ1) is 13.7. The molecule has 1 saturated heterocycles. The van der Waals surface area contributed by atoms with Crippen molar-refractivity contribution >= 4 is 11.7 Å². The predicted octanol–water partition coefficient (Wildman–Crippen LogP) is 1.80. The lowest BCUT2D eigenvalue weighted by molar-refractivity contribution is -0.134. The summed E-state index contributed by atoms with van der Waals surface area (Å²) in [5, 5.41) is 11.9. The average Bonchev–Trinajstić information content (AvgIpc) is 3.09. The highest BCUT2D eigenvalue weighted by atomic mass is 16.4. The van der Waals surface area contributed by atoms with E-state index in [1.807, 2.05) is 4.90 Å². The third-order valence-electron chi connectivity index (χ3n) is 5.63. The summed E-state index contributed by atoms with van der Waals surface area (Å²) < 4.78 is 0. The van der Waals surface area contributed by atoms with Crippen LogP contribution in [0.4, 0.5) is 0 Å². The molecule has 5 nitrogen and oxygen atoms in total. The second-order valence-electron chi connectivity index (χ2n) is 6.84. The molecular weight excluding hydrogens is 254 g/mol. The summed E-state index contributed by atoms with van der Waals surface area (Å²) in [6.45, 7) is 1.45. The van der Waals surface area contributed by atoms with Gasteiger partial charge < -0.3 is 15.8 Å². The van der Waals surface area contributed by atoms with Crippen LogP contribution in [0.5, 0.6) is 0 Å². The number of nitrogens with two attached hydrogens (primary N) is 1. The number of nitrogens with zero attached hydrogens (tertiary/aromatic N) is 2. The van der Waals surface area contributed by atoms with E-state index in [4.69, 9.17) is 10.9 Å². The van der Waals surface area contributed by atoms with Crippen LogP contribution in [0, 0.1) is 23.7 Å². The minimum atomic E-state index is 0.0257. The number of carbonyl (C=O) groups is 1. The van der Waals surface area contributed by atoms with Crippen molar-refractivity contribution in [2.75, 3.05) is 13.1 Å². The van der Waals surface area contributed by atoms with Crippen LogP contribution in [0.2, 0.25) is 0 Å². The molecule has 0 aromatic heterocycles. The van der Waals surface area contributed by atoms with Crippen molar-refractivity contribution in [3.05, 3.63) is 0 Å². The Bertz CT molecular complexity index is 410. The molecule has 4 unspecified atom stereocenters. The summed E-state index contributed by atoms with van der Waals surface area (Å²) in [7, 11) is 0. The molecule has 1 heterocycles. The molecule has 4 atom stereocenters. The van der Waals surface area contributed by atoms with Crippen LogP contribution in [0.3, 0.4) is 0 Å². The highest BCUT2D eigenvalue weighted by molar-refractivity contribution is 5.84. The fourth-order valence-electron chi connectivity index (χ4n) is 4.51. The summed E-state index contributed by atoms with van der Waals surface area (Å²) in [6, 6.07) is 0. The molecule has 20 heavy (non-hydrogen) atoms. The van der Waals surface area contributed by atoms with E-state index in [9.17, 15) is 4.79 Å². The summed E-state index contributed by atoms with van der Waals surface area (Å²) >= 11 is 0. The Morgan fingerprint density at radius 3 is 2.80 bits per heavy atom. The number of amidine groups is 1. The summed E-state index contributed by atoms with van der Waals surface area (Å²) in [4.78, 5) is 14.4. The van der Waals surface area contributed by atoms with Crippen molar-refractivity contribution in [2.24, 2.45) is 34.6 Å². The SMILES string of the molecule is NC(=NO)C1CCCN(C(=O)CC2CC3CCC2C3)C1. The molecule has 3 rings (SSSR count). The average molecular weight is 279 g/mol. The van der Waals surface area contributed by atoms with Crippen molar-refractivity contribution in [3.8, 4) is 0 Å². The molecule has 2 aliphatic carbocycles. The van der Waals surface area contributed by atoms with Gasteiger partial charge in [-0.3, -0.25) is 4.79 Å². The minimum Gasteiger partial charge on any atom is -0.409 e. The molecule has 3 fully saturated rings. The van der Waals surface area contributed by atoms with Crippen LogP contribution in [0.15, 0.2) is 5.16 Å². The van der Waals surface area contributed by atoms with E-state index in [-0.39, 0.29) is 17.7 Å². The monoisotopic (exact) mass is 279 g/mol. The Labute approximate surface area is 120 Å². The van der Waals surface area contributed by atoms with E-state index >= 15 is 0 Å². The zero-order valence-corrected chi connectivity index (χ0v) is 12.0. The van der Waals surface area contributed by atoms with Gasteiger partial charge >= 0.3 is 0 Å². The van der Waals surface area contributed by atoms with Crippen molar-refractivity contribution in [1.29, 1.82) is 0 Å². The lowest BCUT2D eigenvalue weighted by Crippen LogP contribution is -2.44. The molecule has 1 amide bonds. The molecule has 3 aliphatic rings. The molecule has 0 aromatic carbocycles. The molecule has 0 radical (unpaired) electrons. The maximum atomic E-state index is 12.5. The summed E-state index contributed by atoms with van der Waals surface area (Å²) in [5.41, 5.74) is 5.69. The Balaban J connectivity index is 1.54. The van der Waals surface area contributed by atoms with Gasteiger partial charge in [-0.15, -0.1) is 0 Å². The first-order valence-corrected chi connectivity index (χ1v) is 7.92. The van der Waals surface area contributed by atoms with Crippen LogP contribution < -0.4 is 5.73 Å². The zero-order chi connectivity index (χ0) is 14.1. The van der Waals surface area contributed by atoms with E-state index < -0.39 is 0 Å². The summed E-state index contributed by atoms with van der Waals surface area (Å²) in [6.07, 6.45) is 7.89. The van der Waals surface area contributed by atoms with Crippen molar-refractivity contribution in [1.82, 2.24) is 4.90 Å². The maximum Gasteiger partial charge on any atom is 0.222 e. The molecular formula is C15H25N3O2. The number of piperidine rings is 1. The number of oxime groups is 1. The molecule has 3 N–H and O–H groups in total. The number of carbonyl (C=O) groups excluding carboxylic acids is 1. The number of rotatable bonds is 3. The molecule has 0 spiro atoms. The predicted molar refractivity (Wildman–Crippen MR) is 76.3 cm³/mol. The Morgan fingerprint density at radius 2 is 2.15 bits per heavy atom. The number of hydrogen-bond donors (Lipinski definition) is 2. The lowest BCUT2D eigenvalue weighted by Gasteiger charge is -2.33. The lowest BCUT2D eigenvalue weighted by atomic mass is 9.85.